The molecular weight excluding hydrogens is 378 g/mol. The lowest BCUT2D eigenvalue weighted by atomic mass is 10.1. The summed E-state index contributed by atoms with van der Waals surface area (Å²) in [6.07, 6.45) is 0. The third kappa shape index (κ3) is 4.88. The fourth-order valence-electron chi connectivity index (χ4n) is 3.08. The van der Waals surface area contributed by atoms with E-state index in [1.807, 2.05) is 25.1 Å². The number of carbonyl (C=O) groups excluding carboxylic acids is 1. The summed E-state index contributed by atoms with van der Waals surface area (Å²) in [4.78, 5) is 11.8. The Morgan fingerprint density at radius 2 is 1.82 bits per heavy atom. The predicted octanol–water partition coefficient (Wildman–Crippen LogP) is 2.33. The molecular formula is C20H23N3O4S. The van der Waals surface area contributed by atoms with E-state index in [2.05, 4.69) is 4.72 Å². The van der Waals surface area contributed by atoms with Crippen molar-refractivity contribution >= 4 is 15.9 Å². The molecule has 0 aliphatic carbocycles. The molecule has 0 spiro atoms. The quantitative estimate of drug-likeness (QED) is 0.737. The molecule has 0 fully saturated rings. The molecule has 1 amide bonds. The fraction of sp³-hybridized carbons (Fsp3) is 0.300. The highest BCUT2D eigenvalue weighted by Crippen LogP contribution is 2.23. The van der Waals surface area contributed by atoms with Crippen LogP contribution in [0.2, 0.25) is 0 Å². The summed E-state index contributed by atoms with van der Waals surface area (Å²) in [7, 11) is -3.74. The van der Waals surface area contributed by atoms with Gasteiger partial charge in [-0.15, -0.1) is 0 Å². The van der Waals surface area contributed by atoms with Gasteiger partial charge in [-0.2, -0.15) is 5.26 Å². The number of primary amides is 1. The van der Waals surface area contributed by atoms with Crippen LogP contribution in [0.5, 0.6) is 5.75 Å². The minimum Gasteiger partial charge on any atom is -0.491 e. The van der Waals surface area contributed by atoms with Gasteiger partial charge in [0.25, 0.3) is 5.91 Å². The highest BCUT2D eigenvalue weighted by Gasteiger charge is 2.22. The third-order valence-electron chi connectivity index (χ3n) is 4.09. The maximum absolute atomic E-state index is 12.8. The lowest BCUT2D eigenvalue weighted by Gasteiger charge is -2.18. The Balaban J connectivity index is 2.16. The van der Waals surface area contributed by atoms with E-state index in [9.17, 15) is 13.2 Å². The summed E-state index contributed by atoms with van der Waals surface area (Å²) in [6.45, 7) is 7.06. The van der Waals surface area contributed by atoms with Crippen LogP contribution in [0.25, 0.3) is 0 Å². The molecule has 0 heterocycles. The van der Waals surface area contributed by atoms with Crippen LogP contribution in [0.4, 0.5) is 0 Å². The molecule has 0 unspecified atom stereocenters. The van der Waals surface area contributed by atoms with Crippen molar-refractivity contribution in [3.8, 4) is 11.8 Å². The summed E-state index contributed by atoms with van der Waals surface area (Å²) in [5.41, 5.74) is 8.00. The average molecular weight is 401 g/mol. The van der Waals surface area contributed by atoms with Crippen molar-refractivity contribution in [2.75, 3.05) is 6.61 Å². The molecule has 3 N–H and O–H groups in total. The first kappa shape index (κ1) is 21.4. The van der Waals surface area contributed by atoms with Gasteiger partial charge in [-0.3, -0.25) is 4.79 Å². The van der Waals surface area contributed by atoms with Gasteiger partial charge in [0.1, 0.15) is 12.4 Å². The Morgan fingerprint density at radius 3 is 2.36 bits per heavy atom. The van der Waals surface area contributed by atoms with E-state index in [4.69, 9.17) is 15.7 Å². The number of aryl methyl sites for hydroxylation is 3. The van der Waals surface area contributed by atoms with Crippen LogP contribution in [0.1, 0.15) is 39.5 Å². The van der Waals surface area contributed by atoms with E-state index in [1.54, 1.807) is 20.8 Å². The molecule has 0 aliphatic rings. The number of ether oxygens (including phenoxy) is 1. The Morgan fingerprint density at radius 1 is 1.21 bits per heavy atom. The van der Waals surface area contributed by atoms with E-state index in [0.717, 1.165) is 5.56 Å². The number of carbonyl (C=O) groups is 1. The second-order valence-electron chi connectivity index (χ2n) is 6.75. The van der Waals surface area contributed by atoms with Crippen LogP contribution in [0, 0.1) is 32.1 Å². The van der Waals surface area contributed by atoms with Crippen LogP contribution >= 0.6 is 0 Å². The molecule has 148 valence electrons. The van der Waals surface area contributed by atoms with Gasteiger partial charge >= 0.3 is 0 Å². The zero-order valence-electron chi connectivity index (χ0n) is 16.2. The normalized spacial score (nSPS) is 12.2. The minimum absolute atomic E-state index is 0.0185. The van der Waals surface area contributed by atoms with Crippen molar-refractivity contribution in [3.63, 3.8) is 0 Å². The van der Waals surface area contributed by atoms with Crippen molar-refractivity contribution in [2.45, 2.75) is 38.6 Å². The Labute approximate surface area is 165 Å². The third-order valence-corrected chi connectivity index (χ3v) is 5.99. The molecule has 2 rings (SSSR count). The fourth-order valence-corrected chi connectivity index (χ4v) is 4.76. The van der Waals surface area contributed by atoms with Crippen molar-refractivity contribution in [3.05, 3.63) is 58.1 Å². The highest BCUT2D eigenvalue weighted by molar-refractivity contribution is 7.89. The van der Waals surface area contributed by atoms with Crippen LogP contribution in [0.15, 0.2) is 35.2 Å². The molecule has 0 aromatic heterocycles. The predicted molar refractivity (Wildman–Crippen MR) is 106 cm³/mol. The number of nitrogens with one attached hydrogen (secondary N) is 1. The summed E-state index contributed by atoms with van der Waals surface area (Å²) in [5, 5.41) is 8.93. The number of nitrogens with zero attached hydrogens (tertiary/aromatic N) is 1. The SMILES string of the molecule is Cc1cc(C)c(S(=O)(=O)N[C@@H](C)COc2ccc(C#N)cc2C(N)=O)c(C)c1. The lowest BCUT2D eigenvalue weighted by Crippen LogP contribution is -2.37. The second kappa shape index (κ2) is 8.42. The highest BCUT2D eigenvalue weighted by atomic mass is 32.2. The summed E-state index contributed by atoms with van der Waals surface area (Å²) < 4.78 is 33.8. The van der Waals surface area contributed by atoms with Crippen LogP contribution in [-0.4, -0.2) is 27.0 Å². The molecule has 0 radical (unpaired) electrons. The Bertz CT molecular complexity index is 1030. The number of nitrogens with two attached hydrogens (primary N) is 1. The van der Waals surface area contributed by atoms with Gasteiger partial charge < -0.3 is 10.5 Å². The standard InChI is InChI=1S/C20H23N3O4S/c1-12-7-13(2)19(14(3)8-12)28(25,26)23-15(4)11-27-18-6-5-16(10-21)9-17(18)20(22)24/h5-9,15,23H,11H2,1-4H3,(H2,22,24)/t15-/m0/s1. The Hall–Kier alpha value is -2.89. The first-order chi connectivity index (χ1) is 13.0. The lowest BCUT2D eigenvalue weighted by molar-refractivity contribution is 0.0996. The smallest absolute Gasteiger partial charge is 0.252 e. The van der Waals surface area contributed by atoms with Gasteiger partial charge in [-0.25, -0.2) is 13.1 Å². The monoisotopic (exact) mass is 401 g/mol. The molecule has 28 heavy (non-hydrogen) atoms. The zero-order valence-corrected chi connectivity index (χ0v) is 17.1. The number of amides is 1. The van der Waals surface area contributed by atoms with E-state index in [1.165, 1.54) is 18.2 Å². The first-order valence-corrected chi connectivity index (χ1v) is 10.1. The second-order valence-corrected chi connectivity index (χ2v) is 8.40. The number of hydrogen-bond donors (Lipinski definition) is 2. The van der Waals surface area contributed by atoms with Gasteiger partial charge in [0.2, 0.25) is 10.0 Å². The maximum Gasteiger partial charge on any atom is 0.252 e. The summed E-state index contributed by atoms with van der Waals surface area (Å²) >= 11 is 0. The molecule has 2 aromatic rings. The summed E-state index contributed by atoms with van der Waals surface area (Å²) in [6, 6.07) is 9.29. The van der Waals surface area contributed by atoms with E-state index in [0.29, 0.717) is 11.1 Å². The summed E-state index contributed by atoms with van der Waals surface area (Å²) in [5.74, 6) is -0.536. The molecule has 0 saturated carbocycles. The van der Waals surface area contributed by atoms with Crippen LogP contribution in [0.3, 0.4) is 0 Å². The number of benzene rings is 2. The first-order valence-electron chi connectivity index (χ1n) is 8.62. The molecule has 0 aliphatic heterocycles. The zero-order chi connectivity index (χ0) is 21.1. The van der Waals surface area contributed by atoms with Gasteiger partial charge in [-0.05, 0) is 57.0 Å². The average Bonchev–Trinajstić information content (AvgIpc) is 2.58. The van der Waals surface area contributed by atoms with Crippen LogP contribution in [-0.2, 0) is 10.0 Å². The topological polar surface area (TPSA) is 122 Å². The Kier molecular flexibility index (Phi) is 6.44. The van der Waals surface area contributed by atoms with Gasteiger partial charge in [-0.1, -0.05) is 17.7 Å². The molecule has 8 heteroatoms. The van der Waals surface area contributed by atoms with Crippen molar-refractivity contribution in [1.29, 1.82) is 5.26 Å². The molecule has 7 nitrogen and oxygen atoms in total. The minimum atomic E-state index is -3.74. The van der Waals surface area contributed by atoms with Gasteiger partial charge in [0.05, 0.1) is 28.1 Å². The molecule has 1 atom stereocenters. The molecule has 2 aromatic carbocycles. The molecule has 0 saturated heterocycles. The number of hydrogen-bond acceptors (Lipinski definition) is 5. The van der Waals surface area contributed by atoms with Gasteiger partial charge in [0.15, 0.2) is 0 Å². The van der Waals surface area contributed by atoms with E-state index < -0.39 is 22.0 Å². The number of nitriles is 1. The number of sulfonamides is 1. The van der Waals surface area contributed by atoms with Crippen molar-refractivity contribution < 1.29 is 17.9 Å². The van der Waals surface area contributed by atoms with Crippen molar-refractivity contribution in [2.24, 2.45) is 5.73 Å². The van der Waals surface area contributed by atoms with E-state index >= 15 is 0 Å². The van der Waals surface area contributed by atoms with Crippen molar-refractivity contribution in [1.82, 2.24) is 4.72 Å². The van der Waals surface area contributed by atoms with E-state index in [-0.39, 0.29) is 28.4 Å². The number of rotatable bonds is 7. The largest absolute Gasteiger partial charge is 0.491 e. The van der Waals surface area contributed by atoms with Gasteiger partial charge in [0, 0.05) is 0 Å². The van der Waals surface area contributed by atoms with Crippen LogP contribution < -0.4 is 15.2 Å². The molecule has 0 bridgehead atoms. The maximum atomic E-state index is 12.8.